The number of benzene rings is 2. The van der Waals surface area contributed by atoms with Crippen molar-refractivity contribution in [3.63, 3.8) is 0 Å². The number of fused-ring (bicyclic) bond motifs is 1. The second-order valence-corrected chi connectivity index (χ2v) is 5.53. The van der Waals surface area contributed by atoms with E-state index in [1.165, 1.54) is 5.56 Å². The lowest BCUT2D eigenvalue weighted by molar-refractivity contribution is 0.426. The van der Waals surface area contributed by atoms with Crippen LogP contribution >= 0.6 is 0 Å². The van der Waals surface area contributed by atoms with Crippen molar-refractivity contribution >= 4 is 11.4 Å². The van der Waals surface area contributed by atoms with Gasteiger partial charge in [-0.3, -0.25) is 0 Å². The zero-order chi connectivity index (χ0) is 16.2. The van der Waals surface area contributed by atoms with Crippen LogP contribution in [0.3, 0.4) is 0 Å². The summed E-state index contributed by atoms with van der Waals surface area (Å²) < 4.78 is 6.11. The highest BCUT2D eigenvalue weighted by Crippen LogP contribution is 2.43. The topological polar surface area (TPSA) is 12.5 Å². The first-order chi connectivity index (χ1) is 11.2. The molecule has 0 N–H and O–H groups in total. The molecule has 0 amide bonds. The van der Waals surface area contributed by atoms with E-state index in [2.05, 4.69) is 73.0 Å². The minimum atomic E-state index is 0.792. The van der Waals surface area contributed by atoms with E-state index in [0.717, 1.165) is 35.0 Å². The van der Waals surface area contributed by atoms with Crippen molar-refractivity contribution in [3.8, 4) is 5.75 Å². The van der Waals surface area contributed by atoms with E-state index in [0.29, 0.717) is 0 Å². The van der Waals surface area contributed by atoms with Crippen LogP contribution < -0.4 is 9.64 Å². The molecule has 0 atom stereocenters. The number of nitrogens with zero attached hydrogens (tertiary/aromatic N) is 1. The lowest BCUT2D eigenvalue weighted by atomic mass is 10.1. The van der Waals surface area contributed by atoms with Gasteiger partial charge in [0.25, 0.3) is 0 Å². The Bertz CT molecular complexity index is 772. The van der Waals surface area contributed by atoms with E-state index in [1.807, 2.05) is 13.0 Å². The van der Waals surface area contributed by atoms with Gasteiger partial charge in [-0.1, -0.05) is 43.0 Å². The highest BCUT2D eigenvalue weighted by Gasteiger charge is 2.26. The maximum absolute atomic E-state index is 6.11. The molecule has 0 bridgehead atoms. The van der Waals surface area contributed by atoms with Crippen LogP contribution in [-0.2, 0) is 0 Å². The summed E-state index contributed by atoms with van der Waals surface area (Å²) in [7, 11) is 0. The molecule has 116 valence electrons. The predicted molar refractivity (Wildman–Crippen MR) is 97.0 cm³/mol. The van der Waals surface area contributed by atoms with Gasteiger partial charge in [0, 0.05) is 12.1 Å². The van der Waals surface area contributed by atoms with E-state index in [9.17, 15) is 0 Å². The number of allylic oxidation sites excluding steroid dienone is 3. The molecule has 0 radical (unpaired) electrons. The van der Waals surface area contributed by atoms with E-state index in [-0.39, 0.29) is 0 Å². The third kappa shape index (κ3) is 2.93. The highest BCUT2D eigenvalue weighted by molar-refractivity contribution is 5.76. The molecule has 1 aliphatic heterocycles. The van der Waals surface area contributed by atoms with Crippen LogP contribution in [0.1, 0.15) is 18.9 Å². The summed E-state index contributed by atoms with van der Waals surface area (Å²) >= 11 is 0. The molecule has 2 heteroatoms. The van der Waals surface area contributed by atoms with Crippen LogP contribution in [0.15, 0.2) is 84.8 Å². The van der Waals surface area contributed by atoms with Crippen LogP contribution in [0, 0.1) is 6.92 Å². The van der Waals surface area contributed by atoms with Gasteiger partial charge in [0.15, 0.2) is 5.75 Å². The quantitative estimate of drug-likeness (QED) is 0.653. The fraction of sp³-hybridized carbons (Fsp3) is 0.143. The summed E-state index contributed by atoms with van der Waals surface area (Å²) in [6.07, 6.45) is 6.78. The second kappa shape index (κ2) is 6.57. The molecule has 0 fully saturated rings. The molecular formula is C21H21NO. The Balaban J connectivity index is 2.20. The zero-order valence-electron chi connectivity index (χ0n) is 13.6. The first-order valence-electron chi connectivity index (χ1n) is 7.85. The van der Waals surface area contributed by atoms with Crippen molar-refractivity contribution in [2.24, 2.45) is 0 Å². The van der Waals surface area contributed by atoms with Gasteiger partial charge in [-0.2, -0.15) is 0 Å². The second-order valence-electron chi connectivity index (χ2n) is 5.53. The molecule has 0 unspecified atom stereocenters. The molecule has 2 nitrogen and oxygen atoms in total. The van der Waals surface area contributed by atoms with E-state index >= 15 is 0 Å². The summed E-state index contributed by atoms with van der Waals surface area (Å²) in [5.41, 5.74) is 4.46. The third-order valence-electron chi connectivity index (χ3n) is 3.88. The molecule has 1 aliphatic rings. The fourth-order valence-corrected chi connectivity index (χ4v) is 2.77. The molecule has 2 aromatic carbocycles. The minimum absolute atomic E-state index is 0.792. The van der Waals surface area contributed by atoms with E-state index in [1.54, 1.807) is 6.08 Å². The summed E-state index contributed by atoms with van der Waals surface area (Å²) in [6.45, 7) is 8.03. The largest absolute Gasteiger partial charge is 0.453 e. The van der Waals surface area contributed by atoms with Crippen molar-refractivity contribution in [2.75, 3.05) is 4.90 Å². The number of hydrogen-bond acceptors (Lipinski definition) is 2. The average Bonchev–Trinajstić information content (AvgIpc) is 2.59. The van der Waals surface area contributed by atoms with Crippen molar-refractivity contribution < 1.29 is 4.74 Å². The molecule has 0 aliphatic carbocycles. The monoisotopic (exact) mass is 303 g/mol. The zero-order valence-corrected chi connectivity index (χ0v) is 13.6. The minimum Gasteiger partial charge on any atom is -0.453 e. The molecule has 0 aromatic heterocycles. The first kappa shape index (κ1) is 15.2. The van der Waals surface area contributed by atoms with Crippen molar-refractivity contribution in [1.29, 1.82) is 0 Å². The summed E-state index contributed by atoms with van der Waals surface area (Å²) in [6, 6.07) is 16.7. The summed E-state index contributed by atoms with van der Waals surface area (Å²) in [5.74, 6) is 1.68. The Hall–Kier alpha value is -2.74. The van der Waals surface area contributed by atoms with Gasteiger partial charge in [-0.25, -0.2) is 0 Å². The summed E-state index contributed by atoms with van der Waals surface area (Å²) in [4.78, 5) is 2.26. The number of ether oxygens (including phenoxy) is 1. The maximum Gasteiger partial charge on any atom is 0.151 e. The Labute approximate surface area is 138 Å². The van der Waals surface area contributed by atoms with Gasteiger partial charge >= 0.3 is 0 Å². The molecule has 2 aromatic rings. The lowest BCUT2D eigenvalue weighted by Gasteiger charge is -2.34. The number of aryl methyl sites for hydroxylation is 1. The number of hydrogen-bond donors (Lipinski definition) is 0. The SMILES string of the molecule is C=CC1=C(C/C=C/C)N(c2ccccc2)c2ccc(C)cc2O1. The van der Waals surface area contributed by atoms with Crippen LogP contribution in [0.4, 0.5) is 11.4 Å². The lowest BCUT2D eigenvalue weighted by Crippen LogP contribution is -2.24. The van der Waals surface area contributed by atoms with Crippen LogP contribution in [0.2, 0.25) is 0 Å². The predicted octanol–water partition coefficient (Wildman–Crippen LogP) is 5.89. The molecular weight excluding hydrogens is 282 g/mol. The third-order valence-corrected chi connectivity index (χ3v) is 3.88. The van der Waals surface area contributed by atoms with Crippen LogP contribution in [-0.4, -0.2) is 0 Å². The maximum atomic E-state index is 6.11. The number of para-hydroxylation sites is 1. The molecule has 23 heavy (non-hydrogen) atoms. The Morgan fingerprint density at radius 2 is 1.91 bits per heavy atom. The normalized spacial score (nSPS) is 13.9. The Morgan fingerprint density at radius 3 is 2.61 bits per heavy atom. The van der Waals surface area contributed by atoms with Crippen molar-refractivity contribution in [3.05, 3.63) is 90.4 Å². The smallest absolute Gasteiger partial charge is 0.151 e. The highest BCUT2D eigenvalue weighted by atomic mass is 16.5. The molecule has 0 saturated carbocycles. The number of rotatable bonds is 4. The summed E-state index contributed by atoms with van der Waals surface area (Å²) in [5, 5.41) is 0. The molecule has 1 heterocycles. The van der Waals surface area contributed by atoms with E-state index < -0.39 is 0 Å². The van der Waals surface area contributed by atoms with Gasteiger partial charge in [0.05, 0.1) is 11.4 Å². The van der Waals surface area contributed by atoms with Crippen LogP contribution in [0.25, 0.3) is 0 Å². The first-order valence-corrected chi connectivity index (χ1v) is 7.85. The molecule has 0 spiro atoms. The van der Waals surface area contributed by atoms with Crippen molar-refractivity contribution in [1.82, 2.24) is 0 Å². The van der Waals surface area contributed by atoms with Gasteiger partial charge in [-0.05, 0) is 49.8 Å². The Kier molecular flexibility index (Phi) is 4.33. The molecule has 3 rings (SSSR count). The van der Waals surface area contributed by atoms with Gasteiger partial charge in [0.1, 0.15) is 5.76 Å². The average molecular weight is 303 g/mol. The van der Waals surface area contributed by atoms with Gasteiger partial charge in [0.2, 0.25) is 0 Å². The fourth-order valence-electron chi connectivity index (χ4n) is 2.77. The van der Waals surface area contributed by atoms with E-state index in [4.69, 9.17) is 4.74 Å². The molecule has 0 saturated heterocycles. The van der Waals surface area contributed by atoms with Gasteiger partial charge < -0.3 is 9.64 Å². The Morgan fingerprint density at radius 1 is 1.13 bits per heavy atom. The standard InChI is InChI=1S/C21H21NO/c1-4-6-12-18-20(5-2)23-21-15-16(3)13-14-19(21)22(18)17-10-8-7-9-11-17/h4-11,13-15H,2,12H2,1,3H3/b6-4+. The number of anilines is 2. The van der Waals surface area contributed by atoms with Crippen LogP contribution in [0.5, 0.6) is 5.75 Å². The van der Waals surface area contributed by atoms with Gasteiger partial charge in [-0.15, -0.1) is 0 Å². The van der Waals surface area contributed by atoms with Crippen molar-refractivity contribution in [2.45, 2.75) is 20.3 Å².